The minimum Gasteiger partial charge on any atom is -0.504 e. The van der Waals surface area contributed by atoms with Crippen LogP contribution < -0.4 is 10.1 Å². The third-order valence-electron chi connectivity index (χ3n) is 3.18. The molecule has 0 fully saturated rings. The van der Waals surface area contributed by atoms with Gasteiger partial charge < -0.3 is 15.2 Å². The Morgan fingerprint density at radius 3 is 2.52 bits per heavy atom. The molecule has 0 aromatic heterocycles. The molecule has 0 saturated carbocycles. The van der Waals surface area contributed by atoms with Crippen molar-refractivity contribution in [2.75, 3.05) is 7.11 Å². The van der Waals surface area contributed by atoms with Gasteiger partial charge >= 0.3 is 0 Å². The maximum Gasteiger partial charge on any atom is 0.255 e. The lowest BCUT2D eigenvalue weighted by Crippen LogP contribution is -2.26. The molecule has 2 rings (SSSR count). The molecule has 0 radical (unpaired) electrons. The Kier molecular flexibility index (Phi) is 4.70. The number of aromatic hydroxyl groups is 1. The summed E-state index contributed by atoms with van der Waals surface area (Å²) in [6.45, 7) is 1.86. The maximum atomic E-state index is 12.2. The van der Waals surface area contributed by atoms with Crippen LogP contribution in [0, 0.1) is 0 Å². The highest BCUT2D eigenvalue weighted by Crippen LogP contribution is 2.29. The van der Waals surface area contributed by atoms with Crippen LogP contribution in [0.4, 0.5) is 0 Å². The molecular formula is C16H16ClNO3. The van der Waals surface area contributed by atoms with Gasteiger partial charge in [-0.05, 0) is 36.8 Å². The summed E-state index contributed by atoms with van der Waals surface area (Å²) in [5.74, 6) is -0.267. The molecule has 2 aromatic rings. The first-order valence-electron chi connectivity index (χ1n) is 6.45. The summed E-state index contributed by atoms with van der Waals surface area (Å²) in [5.41, 5.74) is 1.10. The average molecular weight is 306 g/mol. The van der Waals surface area contributed by atoms with Crippen LogP contribution in [0.1, 0.15) is 28.9 Å². The van der Waals surface area contributed by atoms with Gasteiger partial charge in [-0.25, -0.2) is 0 Å². The number of rotatable bonds is 4. The quantitative estimate of drug-likeness (QED) is 0.908. The average Bonchev–Trinajstić information content (AvgIpc) is 2.48. The van der Waals surface area contributed by atoms with Crippen LogP contribution in [0.3, 0.4) is 0 Å². The summed E-state index contributed by atoms with van der Waals surface area (Å²) in [4.78, 5) is 12.2. The van der Waals surface area contributed by atoms with Gasteiger partial charge in [0.05, 0.1) is 18.7 Å². The van der Waals surface area contributed by atoms with Crippen LogP contribution in [-0.2, 0) is 0 Å². The molecule has 2 N–H and O–H groups in total. The van der Waals surface area contributed by atoms with E-state index >= 15 is 0 Å². The highest BCUT2D eigenvalue weighted by molar-refractivity contribution is 6.30. The minimum atomic E-state index is -0.367. The van der Waals surface area contributed by atoms with Crippen molar-refractivity contribution in [3.8, 4) is 11.5 Å². The molecule has 0 spiro atoms. The van der Waals surface area contributed by atoms with Gasteiger partial charge in [0.2, 0.25) is 0 Å². The van der Waals surface area contributed by atoms with Crippen molar-refractivity contribution in [3.63, 3.8) is 0 Å². The van der Waals surface area contributed by atoms with Crippen molar-refractivity contribution in [3.05, 3.63) is 58.6 Å². The Bertz CT molecular complexity index is 640. The second-order valence-corrected chi connectivity index (χ2v) is 5.04. The molecule has 0 bridgehead atoms. The smallest absolute Gasteiger partial charge is 0.255 e. The Morgan fingerprint density at radius 2 is 1.90 bits per heavy atom. The largest absolute Gasteiger partial charge is 0.504 e. The normalized spacial score (nSPS) is 11.8. The van der Waals surface area contributed by atoms with Gasteiger partial charge in [0, 0.05) is 5.02 Å². The number of nitrogens with one attached hydrogen (secondary N) is 1. The van der Waals surface area contributed by atoms with E-state index in [0.717, 1.165) is 5.56 Å². The Labute approximate surface area is 128 Å². The molecular weight excluding hydrogens is 290 g/mol. The van der Waals surface area contributed by atoms with Gasteiger partial charge in [0.25, 0.3) is 5.91 Å². The third kappa shape index (κ3) is 3.47. The van der Waals surface area contributed by atoms with E-state index in [1.807, 2.05) is 19.1 Å². The van der Waals surface area contributed by atoms with Crippen molar-refractivity contribution in [2.45, 2.75) is 13.0 Å². The SMILES string of the molecule is COc1cccc(C(=O)NC(C)c2ccc(Cl)cc2)c1O. The van der Waals surface area contributed by atoms with E-state index in [4.69, 9.17) is 16.3 Å². The van der Waals surface area contributed by atoms with Crippen LogP contribution in [0.2, 0.25) is 5.02 Å². The van der Waals surface area contributed by atoms with Crippen molar-refractivity contribution >= 4 is 17.5 Å². The Balaban J connectivity index is 2.16. The lowest BCUT2D eigenvalue weighted by molar-refractivity contribution is 0.0936. The fourth-order valence-electron chi connectivity index (χ4n) is 1.98. The maximum absolute atomic E-state index is 12.2. The number of amides is 1. The zero-order valence-electron chi connectivity index (χ0n) is 11.8. The molecule has 0 aliphatic carbocycles. The molecule has 0 aliphatic rings. The molecule has 4 nitrogen and oxygen atoms in total. The summed E-state index contributed by atoms with van der Waals surface area (Å²) in [6.07, 6.45) is 0. The summed E-state index contributed by atoms with van der Waals surface area (Å²) in [6, 6.07) is 11.8. The number of phenolic OH excluding ortho intramolecular Hbond substituents is 1. The van der Waals surface area contributed by atoms with Crippen LogP contribution in [0.15, 0.2) is 42.5 Å². The summed E-state index contributed by atoms with van der Waals surface area (Å²) in [5, 5.41) is 13.4. The Morgan fingerprint density at radius 1 is 1.24 bits per heavy atom. The second kappa shape index (κ2) is 6.50. The second-order valence-electron chi connectivity index (χ2n) is 4.60. The molecule has 1 unspecified atom stereocenters. The molecule has 1 amide bonds. The highest BCUT2D eigenvalue weighted by Gasteiger charge is 2.17. The molecule has 0 aliphatic heterocycles. The highest BCUT2D eigenvalue weighted by atomic mass is 35.5. The number of hydrogen-bond donors (Lipinski definition) is 2. The molecule has 2 aromatic carbocycles. The lowest BCUT2D eigenvalue weighted by Gasteiger charge is -2.15. The number of carbonyl (C=O) groups is 1. The predicted octanol–water partition coefficient (Wildman–Crippen LogP) is 3.55. The van der Waals surface area contributed by atoms with Gasteiger partial charge in [0.1, 0.15) is 0 Å². The number of carbonyl (C=O) groups excluding carboxylic acids is 1. The van der Waals surface area contributed by atoms with Crippen LogP contribution in [0.25, 0.3) is 0 Å². The Hall–Kier alpha value is -2.20. The zero-order valence-corrected chi connectivity index (χ0v) is 12.5. The van der Waals surface area contributed by atoms with Gasteiger partial charge in [-0.2, -0.15) is 0 Å². The fourth-order valence-corrected chi connectivity index (χ4v) is 2.11. The lowest BCUT2D eigenvalue weighted by atomic mass is 10.1. The zero-order chi connectivity index (χ0) is 15.4. The summed E-state index contributed by atoms with van der Waals surface area (Å²) in [7, 11) is 1.44. The summed E-state index contributed by atoms with van der Waals surface area (Å²) >= 11 is 5.84. The van der Waals surface area contributed by atoms with Gasteiger partial charge in [-0.1, -0.05) is 29.8 Å². The van der Waals surface area contributed by atoms with E-state index in [-0.39, 0.29) is 29.0 Å². The van der Waals surface area contributed by atoms with Crippen LogP contribution >= 0.6 is 11.6 Å². The van der Waals surface area contributed by atoms with Crippen molar-refractivity contribution < 1.29 is 14.6 Å². The van der Waals surface area contributed by atoms with E-state index in [2.05, 4.69) is 5.32 Å². The monoisotopic (exact) mass is 305 g/mol. The van der Waals surface area contributed by atoms with E-state index in [1.54, 1.807) is 30.3 Å². The molecule has 1 atom stereocenters. The molecule has 110 valence electrons. The molecule has 5 heteroatoms. The van der Waals surface area contributed by atoms with Gasteiger partial charge in [0.15, 0.2) is 11.5 Å². The van der Waals surface area contributed by atoms with E-state index in [1.165, 1.54) is 7.11 Å². The first kappa shape index (κ1) is 15.2. The summed E-state index contributed by atoms with van der Waals surface area (Å²) < 4.78 is 4.99. The van der Waals surface area contributed by atoms with Crippen molar-refractivity contribution in [1.82, 2.24) is 5.32 Å². The predicted molar refractivity (Wildman–Crippen MR) is 82.0 cm³/mol. The van der Waals surface area contributed by atoms with Crippen molar-refractivity contribution in [1.29, 1.82) is 0 Å². The fraction of sp³-hybridized carbons (Fsp3) is 0.188. The van der Waals surface area contributed by atoms with Crippen LogP contribution in [0.5, 0.6) is 11.5 Å². The molecule has 21 heavy (non-hydrogen) atoms. The van der Waals surface area contributed by atoms with Crippen LogP contribution in [-0.4, -0.2) is 18.1 Å². The number of phenols is 1. The number of para-hydroxylation sites is 1. The number of methoxy groups -OCH3 is 1. The van der Waals surface area contributed by atoms with E-state index in [0.29, 0.717) is 5.02 Å². The van der Waals surface area contributed by atoms with Gasteiger partial charge in [-0.15, -0.1) is 0 Å². The number of hydrogen-bond acceptors (Lipinski definition) is 3. The minimum absolute atomic E-state index is 0.166. The molecule has 0 saturated heterocycles. The number of halogens is 1. The number of benzene rings is 2. The first-order chi connectivity index (χ1) is 10.0. The standard InChI is InChI=1S/C16H16ClNO3/c1-10(11-6-8-12(17)9-7-11)18-16(20)13-4-3-5-14(21-2)15(13)19/h3-10,19H,1-2H3,(H,18,20). The third-order valence-corrected chi connectivity index (χ3v) is 3.43. The van der Waals surface area contributed by atoms with Gasteiger partial charge in [-0.3, -0.25) is 4.79 Å². The first-order valence-corrected chi connectivity index (χ1v) is 6.83. The van der Waals surface area contributed by atoms with E-state index in [9.17, 15) is 9.90 Å². The number of ether oxygens (including phenoxy) is 1. The topological polar surface area (TPSA) is 58.6 Å². The molecule has 0 heterocycles. The van der Waals surface area contributed by atoms with E-state index < -0.39 is 0 Å². The van der Waals surface area contributed by atoms with Crippen molar-refractivity contribution in [2.24, 2.45) is 0 Å².